The fraction of sp³-hybridized carbons (Fsp3) is 0. The third kappa shape index (κ3) is 6.30. The maximum absolute atomic E-state index is 2.42. The molecule has 0 spiro atoms. The van der Waals surface area contributed by atoms with E-state index in [1.165, 1.54) is 125 Å². The van der Waals surface area contributed by atoms with Gasteiger partial charge in [-0.25, -0.2) is 0 Å². The van der Waals surface area contributed by atoms with Gasteiger partial charge in [0.1, 0.15) is 0 Å². The Morgan fingerprint density at radius 1 is 0.212 bits per heavy atom. The fourth-order valence-electron chi connectivity index (χ4n) is 10.7. The van der Waals surface area contributed by atoms with Crippen LogP contribution < -0.4 is 0 Å². The maximum Gasteiger partial charge on any atom is -0.00259 e. The van der Waals surface area contributed by atoms with Crippen molar-refractivity contribution in [2.75, 3.05) is 0 Å². The van der Waals surface area contributed by atoms with Gasteiger partial charge in [0.15, 0.2) is 0 Å². The molecule has 0 aliphatic carbocycles. The predicted molar refractivity (Wildman–Crippen MR) is 286 cm³/mol. The molecular formula is C66H42. The minimum Gasteiger partial charge on any atom is -0.0616 e. The minimum atomic E-state index is 1.16. The Hall–Kier alpha value is -8.58. The summed E-state index contributed by atoms with van der Waals surface area (Å²) in [6.45, 7) is 0. The number of fused-ring (bicyclic) bond motifs is 7. The average Bonchev–Trinajstić information content (AvgIpc) is 3.38. The minimum absolute atomic E-state index is 1.16. The van der Waals surface area contributed by atoms with Gasteiger partial charge in [-0.1, -0.05) is 237 Å². The van der Waals surface area contributed by atoms with Crippen molar-refractivity contribution in [2.24, 2.45) is 0 Å². The Kier molecular flexibility index (Phi) is 8.96. The van der Waals surface area contributed by atoms with Gasteiger partial charge in [-0.2, -0.15) is 0 Å². The van der Waals surface area contributed by atoms with Crippen molar-refractivity contribution >= 4 is 87.6 Å². The van der Waals surface area contributed by atoms with Gasteiger partial charge >= 0.3 is 0 Å². The van der Waals surface area contributed by atoms with E-state index in [2.05, 4.69) is 255 Å². The molecule has 0 atom stereocenters. The number of hydrogen-bond acceptors (Lipinski definition) is 0. The first-order valence-electron chi connectivity index (χ1n) is 22.9. The van der Waals surface area contributed by atoms with Gasteiger partial charge in [-0.05, 0) is 149 Å². The summed E-state index contributed by atoms with van der Waals surface area (Å²) in [4.78, 5) is 0. The molecule has 0 heterocycles. The summed E-state index contributed by atoms with van der Waals surface area (Å²) in [7, 11) is 0. The highest BCUT2D eigenvalue weighted by Gasteiger charge is 2.19. The highest BCUT2D eigenvalue weighted by atomic mass is 14.2. The summed E-state index contributed by atoms with van der Waals surface area (Å²) in [6, 6.07) is 89.5. The summed E-state index contributed by atoms with van der Waals surface area (Å²) in [5.41, 5.74) is 12.3. The Balaban J connectivity index is 0.989. The lowest BCUT2D eigenvalue weighted by Crippen LogP contribution is -1.92. The molecule has 0 bridgehead atoms. The van der Waals surface area contributed by atoms with Crippen LogP contribution in [0.25, 0.3) is 132 Å². The van der Waals surface area contributed by atoms with Gasteiger partial charge in [0.2, 0.25) is 0 Å². The smallest absolute Gasteiger partial charge is 0.00259 e. The molecule has 306 valence electrons. The van der Waals surface area contributed by atoms with E-state index in [0.717, 1.165) is 5.56 Å². The van der Waals surface area contributed by atoms with Gasteiger partial charge in [0, 0.05) is 0 Å². The third-order valence-corrected chi connectivity index (χ3v) is 13.8. The number of rotatable bonds is 6. The van der Waals surface area contributed by atoms with Crippen LogP contribution in [0.2, 0.25) is 0 Å². The summed E-state index contributed by atoms with van der Waals surface area (Å²) in [5.74, 6) is 0. The van der Waals surface area contributed by atoms with Crippen molar-refractivity contribution in [2.45, 2.75) is 0 Å². The molecule has 13 aromatic carbocycles. The van der Waals surface area contributed by atoms with E-state index in [-0.39, 0.29) is 0 Å². The first-order valence-corrected chi connectivity index (χ1v) is 22.9. The largest absolute Gasteiger partial charge is 0.0616 e. The molecule has 0 aliphatic rings. The van der Waals surface area contributed by atoms with Crippen LogP contribution in [0, 0.1) is 0 Å². The highest BCUT2D eigenvalue weighted by Crippen LogP contribution is 2.46. The van der Waals surface area contributed by atoms with Gasteiger partial charge < -0.3 is 0 Å². The molecule has 0 amide bonds. The maximum atomic E-state index is 2.42. The molecule has 0 nitrogen and oxygen atoms in total. The van der Waals surface area contributed by atoms with Crippen LogP contribution >= 0.6 is 0 Å². The first kappa shape index (κ1) is 37.9. The molecule has 13 aromatic rings. The van der Waals surface area contributed by atoms with Crippen molar-refractivity contribution in [1.29, 1.82) is 0 Å². The fourth-order valence-corrected chi connectivity index (χ4v) is 10.7. The molecule has 0 aliphatic heterocycles. The Morgan fingerprint density at radius 2 is 0.621 bits per heavy atom. The number of benzene rings is 13. The van der Waals surface area contributed by atoms with Gasteiger partial charge in [-0.3, -0.25) is 0 Å². The van der Waals surface area contributed by atoms with E-state index >= 15 is 0 Å². The average molecular weight is 835 g/mol. The van der Waals surface area contributed by atoms with E-state index in [4.69, 9.17) is 0 Å². The lowest BCUT2D eigenvalue weighted by atomic mass is 9.84. The van der Waals surface area contributed by atoms with Crippen molar-refractivity contribution in [3.8, 4) is 44.5 Å². The zero-order chi connectivity index (χ0) is 43.6. The SMILES string of the molecule is C(=Cc1c2ccccc2c(-c2ccc(-c3cccc4ccccc34)cc2)c2ccccc12)c1ccc2c(-c3ccc4ccccc4c3)c3ccccc3c(-c3ccc4ccccc4c3)c2c1. The van der Waals surface area contributed by atoms with Gasteiger partial charge in [-0.15, -0.1) is 0 Å². The summed E-state index contributed by atoms with van der Waals surface area (Å²) in [5, 5.41) is 17.5. The molecule has 13 rings (SSSR count). The second-order valence-corrected chi connectivity index (χ2v) is 17.5. The van der Waals surface area contributed by atoms with Crippen molar-refractivity contribution in [3.05, 3.63) is 254 Å². The van der Waals surface area contributed by atoms with Crippen LogP contribution in [0.15, 0.2) is 243 Å². The van der Waals surface area contributed by atoms with Crippen molar-refractivity contribution in [1.82, 2.24) is 0 Å². The topological polar surface area (TPSA) is 0 Å². The molecular weight excluding hydrogens is 793 g/mol. The van der Waals surface area contributed by atoms with Crippen molar-refractivity contribution < 1.29 is 0 Å². The standard InChI is InChI=1S/C66H42/c1-3-17-49-41-51(36-30-44(49)14-1)65-60-25-11-12-26-61(60)66(52-37-31-45-15-2-4-18-50(45)42-52)63-40-43(29-39-62(63)65)28-38-57-55-21-7-9-23-58(55)64(59-24-10-8-22-56(57)59)48-34-32-47(33-35-48)54-27-13-19-46-16-5-6-20-53(46)54/h1-42H. The van der Waals surface area contributed by atoms with Crippen LogP contribution in [0.4, 0.5) is 0 Å². The molecule has 0 saturated carbocycles. The predicted octanol–water partition coefficient (Wildman–Crippen LogP) is 18.6. The van der Waals surface area contributed by atoms with Gasteiger partial charge in [0.25, 0.3) is 0 Å². The lowest BCUT2D eigenvalue weighted by Gasteiger charge is -2.19. The van der Waals surface area contributed by atoms with Gasteiger partial charge in [0.05, 0.1) is 0 Å². The summed E-state index contributed by atoms with van der Waals surface area (Å²) < 4.78 is 0. The Morgan fingerprint density at radius 3 is 1.21 bits per heavy atom. The summed E-state index contributed by atoms with van der Waals surface area (Å²) >= 11 is 0. The summed E-state index contributed by atoms with van der Waals surface area (Å²) in [6.07, 6.45) is 4.67. The van der Waals surface area contributed by atoms with E-state index in [1.54, 1.807) is 0 Å². The molecule has 0 radical (unpaired) electrons. The second kappa shape index (κ2) is 15.6. The normalized spacial score (nSPS) is 11.9. The molecule has 0 unspecified atom stereocenters. The van der Waals surface area contributed by atoms with Crippen LogP contribution in [0.1, 0.15) is 11.1 Å². The monoisotopic (exact) mass is 834 g/mol. The zero-order valence-corrected chi connectivity index (χ0v) is 36.2. The molecule has 0 saturated heterocycles. The quantitative estimate of drug-likeness (QED) is 0.116. The molecule has 0 heteroatoms. The van der Waals surface area contributed by atoms with Crippen LogP contribution in [0.5, 0.6) is 0 Å². The molecule has 0 N–H and O–H groups in total. The van der Waals surface area contributed by atoms with E-state index in [0.29, 0.717) is 0 Å². The number of hydrogen-bond donors (Lipinski definition) is 0. The highest BCUT2D eigenvalue weighted by molar-refractivity contribution is 6.23. The van der Waals surface area contributed by atoms with Crippen molar-refractivity contribution in [3.63, 3.8) is 0 Å². The second-order valence-electron chi connectivity index (χ2n) is 17.5. The van der Waals surface area contributed by atoms with E-state index < -0.39 is 0 Å². The third-order valence-electron chi connectivity index (χ3n) is 13.8. The van der Waals surface area contributed by atoms with Crippen LogP contribution in [-0.2, 0) is 0 Å². The zero-order valence-electron chi connectivity index (χ0n) is 36.2. The molecule has 0 fully saturated rings. The lowest BCUT2D eigenvalue weighted by molar-refractivity contribution is 1.63. The van der Waals surface area contributed by atoms with Crippen LogP contribution in [-0.4, -0.2) is 0 Å². The van der Waals surface area contributed by atoms with Crippen LogP contribution in [0.3, 0.4) is 0 Å². The first-order chi connectivity index (χ1) is 32.7. The van der Waals surface area contributed by atoms with E-state index in [9.17, 15) is 0 Å². The van der Waals surface area contributed by atoms with E-state index in [1.807, 2.05) is 0 Å². The molecule has 66 heavy (non-hydrogen) atoms. The Labute approximate surface area is 384 Å². The molecule has 0 aromatic heterocycles. The Bertz CT molecular complexity index is 4030.